The van der Waals surface area contributed by atoms with Crippen molar-refractivity contribution in [3.05, 3.63) is 34.9 Å². The van der Waals surface area contributed by atoms with Crippen LogP contribution in [-0.2, 0) is 4.79 Å². The third-order valence-electron chi connectivity index (χ3n) is 4.42. The van der Waals surface area contributed by atoms with E-state index in [2.05, 4.69) is 0 Å². The van der Waals surface area contributed by atoms with E-state index in [-0.39, 0.29) is 42.2 Å². The monoisotopic (exact) mass is 374 g/mol. The third-order valence-corrected chi connectivity index (χ3v) is 4.42. The number of imide groups is 1. The fourth-order valence-corrected chi connectivity index (χ4v) is 3.07. The normalized spacial score (nSPS) is 13.3. The number of hydrogen-bond donors (Lipinski definition) is 1. The van der Waals surface area contributed by atoms with E-state index < -0.39 is 5.97 Å². The number of benzene rings is 1. The molecule has 0 bridgehead atoms. The van der Waals surface area contributed by atoms with Gasteiger partial charge in [0.1, 0.15) is 0 Å². The molecule has 1 aromatic rings. The minimum atomic E-state index is -0.974. The lowest BCUT2D eigenvalue weighted by atomic mass is 10.0. The van der Waals surface area contributed by atoms with Gasteiger partial charge in [-0.1, -0.05) is 27.2 Å². The second-order valence-corrected chi connectivity index (χ2v) is 7.16. The number of fused-ring (bicyclic) bond motifs is 1. The number of carboxylic acid groups (broad SMARTS) is 1. The van der Waals surface area contributed by atoms with Crippen molar-refractivity contribution in [2.45, 2.75) is 40.0 Å². The van der Waals surface area contributed by atoms with E-state index in [0.29, 0.717) is 24.2 Å². The summed E-state index contributed by atoms with van der Waals surface area (Å²) in [5.74, 6) is -1.84. The highest BCUT2D eigenvalue weighted by atomic mass is 16.4. The Morgan fingerprint density at radius 3 is 2.41 bits per heavy atom. The maximum Gasteiger partial charge on any atom is 0.305 e. The molecule has 2 rings (SSSR count). The highest BCUT2D eigenvalue weighted by Gasteiger charge is 2.35. The Hall–Kier alpha value is -2.70. The molecule has 1 aromatic carbocycles. The maximum absolute atomic E-state index is 12.9. The summed E-state index contributed by atoms with van der Waals surface area (Å²) >= 11 is 0. The van der Waals surface area contributed by atoms with Crippen LogP contribution in [0.3, 0.4) is 0 Å². The number of amides is 3. The molecular weight excluding hydrogens is 348 g/mol. The van der Waals surface area contributed by atoms with E-state index in [1.54, 1.807) is 0 Å². The summed E-state index contributed by atoms with van der Waals surface area (Å²) in [4.78, 5) is 51.4. The van der Waals surface area contributed by atoms with E-state index in [1.807, 2.05) is 20.8 Å². The summed E-state index contributed by atoms with van der Waals surface area (Å²) in [6.45, 7) is 6.74. The summed E-state index contributed by atoms with van der Waals surface area (Å²) < 4.78 is 0. The zero-order valence-corrected chi connectivity index (χ0v) is 16.0. The van der Waals surface area contributed by atoms with Crippen LogP contribution in [0.15, 0.2) is 18.2 Å². The van der Waals surface area contributed by atoms with Gasteiger partial charge in [-0.05, 0) is 30.5 Å². The quantitative estimate of drug-likeness (QED) is 0.671. The number of aliphatic carboxylic acids is 1. The molecule has 0 unspecified atom stereocenters. The second-order valence-electron chi connectivity index (χ2n) is 7.16. The fraction of sp³-hybridized carbons (Fsp3) is 0.500. The first-order valence-electron chi connectivity index (χ1n) is 9.27. The fourth-order valence-electron chi connectivity index (χ4n) is 3.07. The first-order chi connectivity index (χ1) is 12.8. The van der Waals surface area contributed by atoms with Gasteiger partial charge < -0.3 is 10.0 Å². The zero-order valence-electron chi connectivity index (χ0n) is 16.0. The molecule has 3 amide bonds. The second kappa shape index (κ2) is 8.79. The lowest BCUT2D eigenvalue weighted by molar-refractivity contribution is -0.137. The number of rotatable bonds is 9. The Labute approximate surface area is 158 Å². The molecule has 0 atom stereocenters. The number of carbonyl (C=O) groups excluding carboxylic acids is 3. The Morgan fingerprint density at radius 2 is 1.81 bits per heavy atom. The molecule has 0 radical (unpaired) electrons. The summed E-state index contributed by atoms with van der Waals surface area (Å²) in [5, 5.41) is 8.91. The Morgan fingerprint density at radius 1 is 1.15 bits per heavy atom. The molecule has 1 aliphatic rings. The molecule has 0 aliphatic carbocycles. The standard InChI is InChI=1S/C20H26N2O5/c1-4-5-9-22-19(26)15-7-6-14(11-16(15)20(22)27)18(25)21(12-13(2)3)10-8-17(23)24/h6-7,11,13H,4-5,8-10,12H2,1-3H3,(H,23,24). The van der Waals surface area contributed by atoms with Gasteiger partial charge in [-0.15, -0.1) is 0 Å². The van der Waals surface area contributed by atoms with Crippen LogP contribution in [0.25, 0.3) is 0 Å². The van der Waals surface area contributed by atoms with Crippen molar-refractivity contribution in [1.82, 2.24) is 9.80 Å². The van der Waals surface area contributed by atoms with Gasteiger partial charge in [0.05, 0.1) is 17.5 Å². The van der Waals surface area contributed by atoms with E-state index in [9.17, 15) is 19.2 Å². The van der Waals surface area contributed by atoms with Crippen LogP contribution in [0.2, 0.25) is 0 Å². The highest BCUT2D eigenvalue weighted by Crippen LogP contribution is 2.25. The van der Waals surface area contributed by atoms with Gasteiger partial charge in [-0.3, -0.25) is 24.1 Å². The van der Waals surface area contributed by atoms with Crippen molar-refractivity contribution in [3.8, 4) is 0 Å². The number of nitrogens with zero attached hydrogens (tertiary/aromatic N) is 2. The molecule has 7 nitrogen and oxygen atoms in total. The topological polar surface area (TPSA) is 95.0 Å². The summed E-state index contributed by atoms with van der Waals surface area (Å²) in [5.41, 5.74) is 0.844. The van der Waals surface area contributed by atoms with E-state index >= 15 is 0 Å². The van der Waals surface area contributed by atoms with Gasteiger partial charge in [-0.25, -0.2) is 0 Å². The molecule has 1 aliphatic heterocycles. The zero-order chi connectivity index (χ0) is 20.1. The number of hydrogen-bond acceptors (Lipinski definition) is 4. The van der Waals surface area contributed by atoms with E-state index in [4.69, 9.17) is 5.11 Å². The summed E-state index contributed by atoms with van der Waals surface area (Å²) in [6, 6.07) is 4.50. The van der Waals surface area contributed by atoms with Crippen molar-refractivity contribution in [2.24, 2.45) is 5.92 Å². The Bertz CT molecular complexity index is 757. The Balaban J connectivity index is 2.26. The summed E-state index contributed by atoms with van der Waals surface area (Å²) in [6.07, 6.45) is 1.45. The summed E-state index contributed by atoms with van der Waals surface area (Å²) in [7, 11) is 0. The molecule has 0 spiro atoms. The smallest absolute Gasteiger partial charge is 0.305 e. The highest BCUT2D eigenvalue weighted by molar-refractivity contribution is 6.22. The average Bonchev–Trinajstić information content (AvgIpc) is 2.86. The molecule has 0 saturated carbocycles. The molecule has 0 aromatic heterocycles. The molecule has 0 saturated heterocycles. The van der Waals surface area contributed by atoms with Gasteiger partial charge in [0.25, 0.3) is 17.7 Å². The first kappa shape index (κ1) is 20.6. The molecule has 0 fully saturated rings. The van der Waals surface area contributed by atoms with Crippen LogP contribution in [0.1, 0.15) is 71.1 Å². The number of unbranched alkanes of at least 4 members (excludes halogenated alkanes) is 1. The number of carboxylic acids is 1. The van der Waals surface area contributed by atoms with Crippen molar-refractivity contribution >= 4 is 23.7 Å². The average molecular weight is 374 g/mol. The minimum absolute atomic E-state index is 0.0962. The molecule has 1 N–H and O–H groups in total. The van der Waals surface area contributed by atoms with Gasteiger partial charge in [0, 0.05) is 25.2 Å². The molecular formula is C20H26N2O5. The largest absolute Gasteiger partial charge is 0.481 e. The Kier molecular flexibility index (Phi) is 6.71. The number of carbonyl (C=O) groups is 4. The van der Waals surface area contributed by atoms with Gasteiger partial charge in [0.2, 0.25) is 0 Å². The van der Waals surface area contributed by atoms with Crippen LogP contribution in [-0.4, -0.2) is 58.2 Å². The van der Waals surface area contributed by atoms with Crippen molar-refractivity contribution < 1.29 is 24.3 Å². The molecule has 7 heteroatoms. The van der Waals surface area contributed by atoms with Gasteiger partial charge >= 0.3 is 5.97 Å². The van der Waals surface area contributed by atoms with E-state index in [1.165, 1.54) is 28.0 Å². The van der Waals surface area contributed by atoms with Crippen LogP contribution in [0.5, 0.6) is 0 Å². The van der Waals surface area contributed by atoms with Gasteiger partial charge in [-0.2, -0.15) is 0 Å². The lowest BCUT2D eigenvalue weighted by Gasteiger charge is -2.24. The van der Waals surface area contributed by atoms with Crippen LogP contribution >= 0.6 is 0 Å². The predicted octanol–water partition coefficient (Wildman–Crippen LogP) is 2.66. The predicted molar refractivity (Wildman–Crippen MR) is 99.7 cm³/mol. The molecule has 146 valence electrons. The maximum atomic E-state index is 12.9. The first-order valence-corrected chi connectivity index (χ1v) is 9.27. The SMILES string of the molecule is CCCCN1C(=O)c2ccc(C(=O)N(CCC(=O)O)CC(C)C)cc2C1=O. The van der Waals surface area contributed by atoms with Gasteiger partial charge in [0.15, 0.2) is 0 Å². The van der Waals surface area contributed by atoms with Crippen LogP contribution < -0.4 is 0 Å². The minimum Gasteiger partial charge on any atom is -0.481 e. The lowest BCUT2D eigenvalue weighted by Crippen LogP contribution is -2.36. The van der Waals surface area contributed by atoms with Crippen LogP contribution in [0.4, 0.5) is 0 Å². The molecule has 27 heavy (non-hydrogen) atoms. The third kappa shape index (κ3) is 4.72. The van der Waals surface area contributed by atoms with Crippen molar-refractivity contribution in [2.75, 3.05) is 19.6 Å². The van der Waals surface area contributed by atoms with E-state index in [0.717, 1.165) is 12.8 Å². The molecule has 1 heterocycles. The van der Waals surface area contributed by atoms with Crippen molar-refractivity contribution in [3.63, 3.8) is 0 Å². The van der Waals surface area contributed by atoms with Crippen molar-refractivity contribution in [1.29, 1.82) is 0 Å². The van der Waals surface area contributed by atoms with Crippen LogP contribution in [0, 0.1) is 5.92 Å².